The lowest BCUT2D eigenvalue weighted by molar-refractivity contribution is 0.0717. The van der Waals surface area contributed by atoms with Gasteiger partial charge < -0.3 is 10.3 Å². The summed E-state index contributed by atoms with van der Waals surface area (Å²) in [6.45, 7) is 2.82. The number of carbonyl (C=O) groups is 1. The summed E-state index contributed by atoms with van der Waals surface area (Å²) < 4.78 is 0. The summed E-state index contributed by atoms with van der Waals surface area (Å²) in [6, 6.07) is 5.33. The molecular weight excluding hydrogens is 270 g/mol. The third-order valence-corrected chi connectivity index (χ3v) is 4.42. The standard InChI is InChI=1S/C12H16ClN3OS/c1-8-7-18-5-4-16(8)12(17)10-6-9(13)2-3-11(10)15-14/h2-3,6,8,15H,4-5,7,14H2,1H3. The van der Waals surface area contributed by atoms with Crippen molar-refractivity contribution in [3.63, 3.8) is 0 Å². The van der Waals surface area contributed by atoms with Crippen LogP contribution in [0.3, 0.4) is 0 Å². The Hall–Kier alpha value is -0.910. The largest absolute Gasteiger partial charge is 0.334 e. The van der Waals surface area contributed by atoms with Crippen molar-refractivity contribution >= 4 is 35.0 Å². The number of rotatable bonds is 2. The van der Waals surface area contributed by atoms with Gasteiger partial charge >= 0.3 is 0 Å². The van der Waals surface area contributed by atoms with Crippen LogP contribution in [0.25, 0.3) is 0 Å². The van der Waals surface area contributed by atoms with Gasteiger partial charge in [0.25, 0.3) is 5.91 Å². The van der Waals surface area contributed by atoms with Crippen LogP contribution in [0.4, 0.5) is 5.69 Å². The molecule has 1 saturated heterocycles. The lowest BCUT2D eigenvalue weighted by Gasteiger charge is -2.33. The molecule has 1 fully saturated rings. The molecule has 0 aromatic heterocycles. The highest BCUT2D eigenvalue weighted by atomic mass is 35.5. The van der Waals surface area contributed by atoms with Gasteiger partial charge in [0.05, 0.1) is 11.3 Å². The first-order valence-corrected chi connectivity index (χ1v) is 7.31. The van der Waals surface area contributed by atoms with Gasteiger partial charge in [-0.05, 0) is 25.1 Å². The molecule has 0 radical (unpaired) electrons. The van der Waals surface area contributed by atoms with E-state index in [1.54, 1.807) is 18.2 Å². The molecule has 18 heavy (non-hydrogen) atoms. The number of nitrogens with two attached hydrogens (primary N) is 1. The van der Waals surface area contributed by atoms with Crippen molar-refractivity contribution in [3.05, 3.63) is 28.8 Å². The Morgan fingerprint density at radius 3 is 3.06 bits per heavy atom. The second kappa shape index (κ2) is 5.82. The normalized spacial score (nSPS) is 19.7. The van der Waals surface area contributed by atoms with E-state index in [4.69, 9.17) is 17.4 Å². The Morgan fingerprint density at radius 1 is 1.61 bits per heavy atom. The van der Waals surface area contributed by atoms with E-state index in [1.165, 1.54) is 0 Å². The Labute approximate surface area is 116 Å². The minimum atomic E-state index is -0.0155. The number of thioether (sulfide) groups is 1. The predicted octanol–water partition coefficient (Wildman–Crippen LogP) is 2.20. The second-order valence-corrected chi connectivity index (χ2v) is 5.84. The summed E-state index contributed by atoms with van der Waals surface area (Å²) in [6.07, 6.45) is 0. The van der Waals surface area contributed by atoms with Gasteiger partial charge in [0, 0.05) is 29.1 Å². The van der Waals surface area contributed by atoms with Crippen LogP contribution in [0.5, 0.6) is 0 Å². The number of amides is 1. The molecule has 4 nitrogen and oxygen atoms in total. The molecular formula is C12H16ClN3OS. The number of hydrazine groups is 1. The van der Waals surface area contributed by atoms with Crippen LogP contribution in [-0.2, 0) is 0 Å². The molecule has 98 valence electrons. The molecule has 1 aromatic rings. The van der Waals surface area contributed by atoms with Crippen molar-refractivity contribution in [2.45, 2.75) is 13.0 Å². The summed E-state index contributed by atoms with van der Waals surface area (Å²) in [4.78, 5) is 14.4. The fourth-order valence-corrected chi connectivity index (χ4v) is 3.19. The van der Waals surface area contributed by atoms with Crippen LogP contribution in [0.1, 0.15) is 17.3 Å². The SMILES string of the molecule is CC1CSCCN1C(=O)c1cc(Cl)ccc1NN. The zero-order chi connectivity index (χ0) is 13.1. The van der Waals surface area contributed by atoms with Crippen molar-refractivity contribution < 1.29 is 4.79 Å². The minimum Gasteiger partial charge on any atom is -0.334 e. The summed E-state index contributed by atoms with van der Waals surface area (Å²) in [5, 5.41) is 0.538. The summed E-state index contributed by atoms with van der Waals surface area (Å²) in [5.41, 5.74) is 3.68. The van der Waals surface area contributed by atoms with Gasteiger partial charge in [-0.25, -0.2) is 0 Å². The number of benzene rings is 1. The average Bonchev–Trinajstić information content (AvgIpc) is 2.38. The minimum absolute atomic E-state index is 0.0155. The van der Waals surface area contributed by atoms with E-state index in [1.807, 2.05) is 16.7 Å². The van der Waals surface area contributed by atoms with Crippen molar-refractivity contribution in [1.29, 1.82) is 0 Å². The Kier molecular flexibility index (Phi) is 4.37. The number of halogens is 1. The lowest BCUT2D eigenvalue weighted by Crippen LogP contribution is -2.44. The third kappa shape index (κ3) is 2.74. The molecule has 0 bridgehead atoms. The number of hydrogen-bond donors (Lipinski definition) is 2. The number of nitrogens with one attached hydrogen (secondary N) is 1. The molecule has 2 rings (SSSR count). The van der Waals surface area contributed by atoms with Crippen molar-refractivity contribution in [1.82, 2.24) is 4.90 Å². The maximum absolute atomic E-state index is 12.5. The summed E-state index contributed by atoms with van der Waals surface area (Å²) in [7, 11) is 0. The van der Waals surface area contributed by atoms with Crippen molar-refractivity contribution in [2.75, 3.05) is 23.5 Å². The van der Waals surface area contributed by atoms with Crippen LogP contribution in [0.15, 0.2) is 18.2 Å². The van der Waals surface area contributed by atoms with E-state index in [9.17, 15) is 4.79 Å². The van der Waals surface area contributed by atoms with E-state index < -0.39 is 0 Å². The van der Waals surface area contributed by atoms with E-state index >= 15 is 0 Å². The van der Waals surface area contributed by atoms with Gasteiger partial charge in [-0.15, -0.1) is 0 Å². The molecule has 1 aromatic carbocycles. The van der Waals surface area contributed by atoms with Crippen LogP contribution < -0.4 is 11.3 Å². The van der Waals surface area contributed by atoms with Gasteiger partial charge in [0.2, 0.25) is 0 Å². The number of nitrogen functional groups attached to an aromatic ring is 1. The number of nitrogens with zero attached hydrogens (tertiary/aromatic N) is 1. The highest BCUT2D eigenvalue weighted by Gasteiger charge is 2.26. The summed E-state index contributed by atoms with van der Waals surface area (Å²) >= 11 is 7.82. The van der Waals surface area contributed by atoms with E-state index in [-0.39, 0.29) is 11.9 Å². The topological polar surface area (TPSA) is 58.4 Å². The molecule has 0 saturated carbocycles. The van der Waals surface area contributed by atoms with Crippen LogP contribution in [-0.4, -0.2) is 34.9 Å². The fourth-order valence-electron chi connectivity index (χ4n) is 2.00. The molecule has 3 N–H and O–H groups in total. The first-order valence-electron chi connectivity index (χ1n) is 5.78. The van der Waals surface area contributed by atoms with E-state index in [0.29, 0.717) is 16.3 Å². The Balaban J connectivity index is 2.29. The quantitative estimate of drug-likeness (QED) is 0.646. The summed E-state index contributed by atoms with van der Waals surface area (Å²) in [5.74, 6) is 7.36. The predicted molar refractivity (Wildman–Crippen MR) is 77.1 cm³/mol. The van der Waals surface area contributed by atoms with Crippen LogP contribution in [0, 0.1) is 0 Å². The molecule has 0 spiro atoms. The van der Waals surface area contributed by atoms with Gasteiger partial charge in [-0.1, -0.05) is 11.6 Å². The van der Waals surface area contributed by atoms with E-state index in [2.05, 4.69) is 12.3 Å². The smallest absolute Gasteiger partial charge is 0.256 e. The van der Waals surface area contributed by atoms with Crippen molar-refractivity contribution in [3.8, 4) is 0 Å². The molecule has 0 aliphatic carbocycles. The van der Waals surface area contributed by atoms with Gasteiger partial charge in [-0.3, -0.25) is 10.6 Å². The molecule has 1 aliphatic heterocycles. The number of hydrogen-bond acceptors (Lipinski definition) is 4. The Morgan fingerprint density at radius 2 is 2.39 bits per heavy atom. The fraction of sp³-hybridized carbons (Fsp3) is 0.417. The number of carbonyl (C=O) groups excluding carboxylic acids is 1. The molecule has 6 heteroatoms. The zero-order valence-corrected chi connectivity index (χ0v) is 11.7. The average molecular weight is 286 g/mol. The Bertz CT molecular complexity index is 455. The molecule has 1 atom stereocenters. The molecule has 1 amide bonds. The van der Waals surface area contributed by atoms with E-state index in [0.717, 1.165) is 18.1 Å². The van der Waals surface area contributed by atoms with Gasteiger partial charge in [0.1, 0.15) is 0 Å². The highest BCUT2D eigenvalue weighted by molar-refractivity contribution is 7.99. The van der Waals surface area contributed by atoms with Crippen molar-refractivity contribution in [2.24, 2.45) is 5.84 Å². The molecule has 1 heterocycles. The first-order chi connectivity index (χ1) is 8.63. The molecule has 1 unspecified atom stereocenters. The third-order valence-electron chi connectivity index (χ3n) is 3.00. The zero-order valence-electron chi connectivity index (χ0n) is 10.1. The van der Waals surface area contributed by atoms with Crippen LogP contribution >= 0.6 is 23.4 Å². The van der Waals surface area contributed by atoms with Crippen LogP contribution in [0.2, 0.25) is 5.02 Å². The number of anilines is 1. The maximum atomic E-state index is 12.5. The first kappa shape index (κ1) is 13.5. The highest BCUT2D eigenvalue weighted by Crippen LogP contribution is 2.24. The molecule has 1 aliphatic rings. The lowest BCUT2D eigenvalue weighted by atomic mass is 10.1. The monoisotopic (exact) mass is 285 g/mol. The van der Waals surface area contributed by atoms with Gasteiger partial charge in [0.15, 0.2) is 0 Å². The second-order valence-electron chi connectivity index (χ2n) is 4.26. The van der Waals surface area contributed by atoms with Gasteiger partial charge in [-0.2, -0.15) is 11.8 Å². The maximum Gasteiger partial charge on any atom is 0.256 e.